The van der Waals surface area contributed by atoms with Gasteiger partial charge in [0.1, 0.15) is 13.2 Å². The largest absolute Gasteiger partial charge is 0.462 e. The Morgan fingerprint density at radius 2 is 0.603 bits per heavy atom. The van der Waals surface area contributed by atoms with Crippen molar-refractivity contribution >= 4 is 17.9 Å². The summed E-state index contributed by atoms with van der Waals surface area (Å²) in [7, 11) is 0. The quantitative estimate of drug-likeness (QED) is 0.0262. The Labute approximate surface area is 421 Å². The van der Waals surface area contributed by atoms with Crippen molar-refractivity contribution in [3.8, 4) is 0 Å². The molecular formula is C62H108O6. The maximum atomic E-state index is 12.8. The van der Waals surface area contributed by atoms with Crippen molar-refractivity contribution in [2.75, 3.05) is 13.2 Å². The lowest BCUT2D eigenvalue weighted by atomic mass is 10.0. The highest BCUT2D eigenvalue weighted by molar-refractivity contribution is 5.71. The van der Waals surface area contributed by atoms with E-state index in [1.165, 1.54) is 141 Å². The van der Waals surface area contributed by atoms with Crippen molar-refractivity contribution in [1.82, 2.24) is 0 Å². The molecule has 0 bridgehead atoms. The lowest BCUT2D eigenvalue weighted by molar-refractivity contribution is -0.167. The Hall–Kier alpha value is -3.15. The second-order valence-electron chi connectivity index (χ2n) is 19.2. The molecule has 0 rings (SSSR count). The predicted octanol–water partition coefficient (Wildman–Crippen LogP) is 19.4. The number of ether oxygens (including phenoxy) is 3. The van der Waals surface area contributed by atoms with E-state index in [9.17, 15) is 14.4 Å². The zero-order valence-corrected chi connectivity index (χ0v) is 44.9. The van der Waals surface area contributed by atoms with Crippen LogP contribution in [0.15, 0.2) is 72.9 Å². The molecule has 0 N–H and O–H groups in total. The van der Waals surface area contributed by atoms with Crippen molar-refractivity contribution < 1.29 is 28.6 Å². The van der Waals surface area contributed by atoms with Crippen LogP contribution >= 0.6 is 0 Å². The summed E-state index contributed by atoms with van der Waals surface area (Å²) in [4.78, 5) is 38.0. The first kappa shape index (κ1) is 64.8. The molecule has 0 fully saturated rings. The number of unbranched alkanes of at least 4 members (excludes halogenated alkanes) is 29. The minimum Gasteiger partial charge on any atom is -0.462 e. The molecular weight excluding hydrogens is 841 g/mol. The summed E-state index contributed by atoms with van der Waals surface area (Å²) in [5.41, 5.74) is 0. The van der Waals surface area contributed by atoms with E-state index in [0.717, 1.165) is 96.3 Å². The first-order valence-electron chi connectivity index (χ1n) is 28.9. The minimum absolute atomic E-state index is 0.0940. The van der Waals surface area contributed by atoms with E-state index in [-0.39, 0.29) is 37.5 Å². The maximum Gasteiger partial charge on any atom is 0.306 e. The fourth-order valence-corrected chi connectivity index (χ4v) is 8.08. The van der Waals surface area contributed by atoms with Crippen molar-refractivity contribution in [2.45, 2.75) is 290 Å². The molecule has 6 nitrogen and oxygen atoms in total. The summed E-state index contributed by atoms with van der Waals surface area (Å²) < 4.78 is 16.8. The number of rotatable bonds is 52. The molecule has 68 heavy (non-hydrogen) atoms. The number of allylic oxidation sites excluding steroid dienone is 12. The van der Waals surface area contributed by atoms with Gasteiger partial charge in [0.2, 0.25) is 0 Å². The van der Waals surface area contributed by atoms with Crippen LogP contribution in [0.2, 0.25) is 0 Å². The van der Waals surface area contributed by atoms with E-state index < -0.39 is 6.10 Å². The SMILES string of the molecule is CC/C=C\C/C=C\C/C=C\C/C=C\CCCCC(=O)OC(COC(=O)CCCCCCC/C=C\CCC)COC(=O)CCCCCCCCCCCCCCC/C=C\CCCCCCCCCC. The van der Waals surface area contributed by atoms with Crippen LogP contribution in [-0.2, 0) is 28.6 Å². The number of esters is 3. The molecule has 0 spiro atoms. The van der Waals surface area contributed by atoms with Gasteiger partial charge in [0.15, 0.2) is 6.10 Å². The van der Waals surface area contributed by atoms with Crippen LogP contribution < -0.4 is 0 Å². The Balaban J connectivity index is 4.25. The number of hydrogen-bond acceptors (Lipinski definition) is 6. The molecule has 0 aromatic rings. The van der Waals surface area contributed by atoms with Crippen molar-refractivity contribution in [2.24, 2.45) is 0 Å². The summed E-state index contributed by atoms with van der Waals surface area (Å²) in [5, 5.41) is 0. The van der Waals surface area contributed by atoms with Gasteiger partial charge in [0, 0.05) is 19.3 Å². The topological polar surface area (TPSA) is 78.9 Å². The van der Waals surface area contributed by atoms with Crippen LogP contribution in [0, 0.1) is 0 Å². The molecule has 0 saturated heterocycles. The van der Waals surface area contributed by atoms with E-state index in [1.54, 1.807) is 0 Å². The van der Waals surface area contributed by atoms with E-state index in [1.807, 2.05) is 0 Å². The average Bonchev–Trinajstić information content (AvgIpc) is 3.34. The molecule has 0 aromatic heterocycles. The van der Waals surface area contributed by atoms with Gasteiger partial charge in [-0.3, -0.25) is 14.4 Å². The van der Waals surface area contributed by atoms with Crippen LogP contribution in [0.3, 0.4) is 0 Å². The zero-order chi connectivity index (χ0) is 49.3. The van der Waals surface area contributed by atoms with Gasteiger partial charge >= 0.3 is 17.9 Å². The molecule has 0 aliphatic heterocycles. The Kier molecular flexibility index (Phi) is 53.8. The monoisotopic (exact) mass is 949 g/mol. The number of hydrogen-bond donors (Lipinski definition) is 0. The highest BCUT2D eigenvalue weighted by atomic mass is 16.6. The molecule has 392 valence electrons. The standard InChI is InChI=1S/C62H108O6/c1-4-7-10-13-16-19-22-24-26-27-28-29-30-31-32-33-34-35-37-38-40-43-46-49-52-55-61(64)67-58-59(57-66-60(63)54-51-48-45-42-21-18-15-12-9-6-3)68-62(65)56-53-50-47-44-41-39-36-25-23-20-17-14-11-8-5-2/h8,11-12,15,17,20,25,27-28,36,41,44,59H,4-7,9-10,13-14,16,18-19,21-24,26,29-35,37-40,42-43,45-58H2,1-3H3/b11-8-,15-12-,20-17-,28-27-,36-25-,44-41-. The molecule has 1 atom stereocenters. The van der Waals surface area contributed by atoms with E-state index >= 15 is 0 Å². The normalized spacial score (nSPS) is 12.6. The fourth-order valence-electron chi connectivity index (χ4n) is 8.08. The smallest absolute Gasteiger partial charge is 0.306 e. The van der Waals surface area contributed by atoms with Gasteiger partial charge in [0.05, 0.1) is 0 Å². The highest BCUT2D eigenvalue weighted by Gasteiger charge is 2.19. The first-order valence-corrected chi connectivity index (χ1v) is 28.9. The van der Waals surface area contributed by atoms with E-state index in [4.69, 9.17) is 14.2 Å². The number of carbonyl (C=O) groups is 3. The second kappa shape index (κ2) is 56.4. The van der Waals surface area contributed by atoms with E-state index in [0.29, 0.717) is 19.3 Å². The van der Waals surface area contributed by atoms with Crippen molar-refractivity contribution in [3.63, 3.8) is 0 Å². The molecule has 0 aliphatic rings. The third kappa shape index (κ3) is 53.8. The highest BCUT2D eigenvalue weighted by Crippen LogP contribution is 2.16. The van der Waals surface area contributed by atoms with Gasteiger partial charge in [-0.1, -0.05) is 235 Å². The molecule has 0 aliphatic carbocycles. The van der Waals surface area contributed by atoms with Crippen molar-refractivity contribution in [1.29, 1.82) is 0 Å². The summed E-state index contributed by atoms with van der Waals surface area (Å²) in [5.74, 6) is -0.942. The summed E-state index contributed by atoms with van der Waals surface area (Å²) in [6.07, 6.45) is 72.0. The van der Waals surface area contributed by atoms with Gasteiger partial charge in [0.25, 0.3) is 0 Å². The Morgan fingerprint density at radius 3 is 1.00 bits per heavy atom. The zero-order valence-electron chi connectivity index (χ0n) is 44.9. The van der Waals surface area contributed by atoms with Gasteiger partial charge in [-0.15, -0.1) is 0 Å². The fraction of sp³-hybridized carbons (Fsp3) is 0.758. The molecule has 0 aromatic carbocycles. The van der Waals surface area contributed by atoms with E-state index in [2.05, 4.69) is 93.7 Å². The third-order valence-corrected chi connectivity index (χ3v) is 12.4. The molecule has 0 saturated carbocycles. The summed E-state index contributed by atoms with van der Waals surface area (Å²) in [6, 6.07) is 0. The van der Waals surface area contributed by atoms with Crippen LogP contribution in [-0.4, -0.2) is 37.2 Å². The van der Waals surface area contributed by atoms with Gasteiger partial charge in [-0.2, -0.15) is 0 Å². The lowest BCUT2D eigenvalue weighted by Gasteiger charge is -2.18. The third-order valence-electron chi connectivity index (χ3n) is 12.4. The Bertz CT molecular complexity index is 1270. The van der Waals surface area contributed by atoms with Crippen LogP contribution in [0.5, 0.6) is 0 Å². The Morgan fingerprint density at radius 1 is 0.309 bits per heavy atom. The van der Waals surface area contributed by atoms with Crippen molar-refractivity contribution in [3.05, 3.63) is 72.9 Å². The first-order chi connectivity index (χ1) is 33.5. The molecule has 6 heteroatoms. The molecule has 0 heterocycles. The molecule has 0 amide bonds. The van der Waals surface area contributed by atoms with Crippen LogP contribution in [0.1, 0.15) is 284 Å². The average molecular weight is 950 g/mol. The maximum absolute atomic E-state index is 12.8. The van der Waals surface area contributed by atoms with Crippen LogP contribution in [0.25, 0.3) is 0 Å². The predicted molar refractivity (Wildman–Crippen MR) is 293 cm³/mol. The number of carbonyl (C=O) groups excluding carboxylic acids is 3. The van der Waals surface area contributed by atoms with Gasteiger partial charge in [-0.05, 0) is 103 Å². The lowest BCUT2D eigenvalue weighted by Crippen LogP contribution is -2.30. The van der Waals surface area contributed by atoms with Crippen LogP contribution in [0.4, 0.5) is 0 Å². The summed E-state index contributed by atoms with van der Waals surface area (Å²) in [6.45, 7) is 6.44. The summed E-state index contributed by atoms with van der Waals surface area (Å²) >= 11 is 0. The minimum atomic E-state index is -0.799. The van der Waals surface area contributed by atoms with Gasteiger partial charge < -0.3 is 14.2 Å². The molecule has 1 unspecified atom stereocenters. The molecule has 0 radical (unpaired) electrons. The van der Waals surface area contributed by atoms with Gasteiger partial charge in [-0.25, -0.2) is 0 Å². The second-order valence-corrected chi connectivity index (χ2v) is 19.2.